The molecule has 0 aromatic heterocycles. The van der Waals surface area contributed by atoms with Gasteiger partial charge in [-0.1, -0.05) is 18.2 Å². The summed E-state index contributed by atoms with van der Waals surface area (Å²) in [6.07, 6.45) is 4.95. The third-order valence-electron chi connectivity index (χ3n) is 2.52. The zero-order valence-electron chi connectivity index (χ0n) is 6.95. The van der Waals surface area contributed by atoms with Gasteiger partial charge in [0.1, 0.15) is 0 Å². The Morgan fingerprint density at radius 3 is 3.09 bits per heavy atom. The van der Waals surface area contributed by atoms with Gasteiger partial charge in [-0.15, -0.1) is 6.58 Å². The summed E-state index contributed by atoms with van der Waals surface area (Å²) in [6, 6.07) is 0. The minimum absolute atomic E-state index is 0.442. The summed E-state index contributed by atoms with van der Waals surface area (Å²) in [5.41, 5.74) is 0.956. The molecule has 1 N–H and O–H groups in total. The van der Waals surface area contributed by atoms with Gasteiger partial charge < -0.3 is 5.21 Å². The van der Waals surface area contributed by atoms with Crippen LogP contribution in [-0.2, 0) is 0 Å². The molecule has 1 saturated carbocycles. The predicted molar refractivity (Wildman–Crippen MR) is 45.9 cm³/mol. The maximum absolute atomic E-state index is 8.63. The summed E-state index contributed by atoms with van der Waals surface area (Å²) < 4.78 is 0. The van der Waals surface area contributed by atoms with Crippen molar-refractivity contribution >= 4 is 5.71 Å². The highest BCUT2D eigenvalue weighted by atomic mass is 16.4. The summed E-state index contributed by atoms with van der Waals surface area (Å²) in [4.78, 5) is 0. The molecule has 1 rings (SSSR count). The lowest BCUT2D eigenvalue weighted by Crippen LogP contribution is -2.11. The highest BCUT2D eigenvalue weighted by Gasteiger charge is 2.28. The van der Waals surface area contributed by atoms with E-state index in [4.69, 9.17) is 5.21 Å². The van der Waals surface area contributed by atoms with E-state index >= 15 is 0 Å². The minimum Gasteiger partial charge on any atom is -0.411 e. The quantitative estimate of drug-likeness (QED) is 0.369. The van der Waals surface area contributed by atoms with Crippen molar-refractivity contribution in [2.45, 2.75) is 26.2 Å². The van der Waals surface area contributed by atoms with Gasteiger partial charge in [0, 0.05) is 5.92 Å². The van der Waals surface area contributed by atoms with Crippen LogP contribution in [-0.4, -0.2) is 10.9 Å². The van der Waals surface area contributed by atoms with Crippen molar-refractivity contribution in [2.24, 2.45) is 17.0 Å². The Hall–Kier alpha value is -0.790. The predicted octanol–water partition coefficient (Wildman–Crippen LogP) is 2.44. The molecule has 0 bridgehead atoms. The van der Waals surface area contributed by atoms with E-state index in [9.17, 15) is 0 Å². The van der Waals surface area contributed by atoms with Gasteiger partial charge in [-0.2, -0.15) is 0 Å². The number of nitrogens with zero attached hydrogens (tertiary/aromatic N) is 1. The third kappa shape index (κ3) is 1.62. The van der Waals surface area contributed by atoms with Gasteiger partial charge in [0.2, 0.25) is 0 Å². The van der Waals surface area contributed by atoms with Gasteiger partial charge in [0.15, 0.2) is 0 Å². The van der Waals surface area contributed by atoms with Crippen molar-refractivity contribution in [1.29, 1.82) is 0 Å². The van der Waals surface area contributed by atoms with E-state index in [1.807, 2.05) is 6.08 Å². The summed E-state index contributed by atoms with van der Waals surface area (Å²) in [6.45, 7) is 5.89. The van der Waals surface area contributed by atoms with Crippen LogP contribution in [0.3, 0.4) is 0 Å². The van der Waals surface area contributed by atoms with Gasteiger partial charge >= 0.3 is 0 Å². The first kappa shape index (κ1) is 8.31. The molecule has 1 aliphatic rings. The van der Waals surface area contributed by atoms with E-state index < -0.39 is 0 Å². The number of allylic oxidation sites excluding steroid dienone is 1. The molecule has 2 heteroatoms. The number of hydrogen-bond acceptors (Lipinski definition) is 2. The molecule has 11 heavy (non-hydrogen) atoms. The molecule has 0 amide bonds. The molecule has 62 valence electrons. The van der Waals surface area contributed by atoms with Crippen molar-refractivity contribution in [2.75, 3.05) is 0 Å². The molecule has 0 unspecified atom stereocenters. The second-order valence-electron chi connectivity index (χ2n) is 3.24. The molecule has 0 aromatic carbocycles. The van der Waals surface area contributed by atoms with Crippen LogP contribution < -0.4 is 0 Å². The third-order valence-corrected chi connectivity index (χ3v) is 2.52. The minimum atomic E-state index is 0.442. The first-order chi connectivity index (χ1) is 5.29. The Morgan fingerprint density at radius 2 is 2.55 bits per heavy atom. The van der Waals surface area contributed by atoms with E-state index in [1.54, 1.807) is 0 Å². The number of rotatable bonds is 2. The molecular weight excluding hydrogens is 138 g/mol. The smallest absolute Gasteiger partial charge is 0.0607 e. The summed E-state index contributed by atoms with van der Waals surface area (Å²) in [5.74, 6) is 1.09. The van der Waals surface area contributed by atoms with Gasteiger partial charge in [0.05, 0.1) is 5.71 Å². The Labute approximate surface area is 67.6 Å². The van der Waals surface area contributed by atoms with Crippen LogP contribution in [0.1, 0.15) is 26.2 Å². The maximum Gasteiger partial charge on any atom is 0.0607 e. The Bertz CT molecular complexity index is 174. The van der Waals surface area contributed by atoms with Crippen molar-refractivity contribution in [3.05, 3.63) is 12.7 Å². The van der Waals surface area contributed by atoms with Crippen LogP contribution in [0.5, 0.6) is 0 Å². The molecule has 2 atom stereocenters. The lowest BCUT2D eigenvalue weighted by molar-refractivity contribution is 0.313. The van der Waals surface area contributed by atoms with Crippen molar-refractivity contribution in [3.63, 3.8) is 0 Å². The summed E-state index contributed by atoms with van der Waals surface area (Å²) in [7, 11) is 0. The average molecular weight is 153 g/mol. The molecule has 1 fully saturated rings. The Kier molecular flexibility index (Phi) is 2.69. The molecule has 0 radical (unpaired) electrons. The van der Waals surface area contributed by atoms with Gasteiger partial charge in [-0.25, -0.2) is 0 Å². The SMILES string of the molecule is C=CC[C@@H]1/C(=N/O)CC[C@H]1C. The van der Waals surface area contributed by atoms with E-state index in [0.717, 1.165) is 25.0 Å². The molecule has 0 heterocycles. The van der Waals surface area contributed by atoms with Crippen LogP contribution in [0, 0.1) is 11.8 Å². The van der Waals surface area contributed by atoms with E-state index in [0.29, 0.717) is 11.8 Å². The van der Waals surface area contributed by atoms with Gasteiger partial charge in [-0.3, -0.25) is 0 Å². The van der Waals surface area contributed by atoms with Crippen LogP contribution >= 0.6 is 0 Å². The first-order valence-electron chi connectivity index (χ1n) is 4.11. The normalized spacial score (nSPS) is 34.5. The van der Waals surface area contributed by atoms with Crippen molar-refractivity contribution < 1.29 is 5.21 Å². The lowest BCUT2D eigenvalue weighted by Gasteiger charge is -2.11. The second kappa shape index (κ2) is 3.56. The van der Waals surface area contributed by atoms with E-state index in [1.165, 1.54) is 0 Å². The van der Waals surface area contributed by atoms with E-state index in [-0.39, 0.29) is 0 Å². The molecular formula is C9H15NO. The number of hydrogen-bond donors (Lipinski definition) is 1. The first-order valence-corrected chi connectivity index (χ1v) is 4.11. The van der Waals surface area contributed by atoms with Gasteiger partial charge in [0.25, 0.3) is 0 Å². The second-order valence-corrected chi connectivity index (χ2v) is 3.24. The number of oxime groups is 1. The largest absolute Gasteiger partial charge is 0.411 e. The van der Waals surface area contributed by atoms with E-state index in [2.05, 4.69) is 18.7 Å². The highest BCUT2D eigenvalue weighted by molar-refractivity contribution is 5.88. The van der Waals surface area contributed by atoms with Crippen molar-refractivity contribution in [3.8, 4) is 0 Å². The molecule has 0 spiro atoms. The van der Waals surface area contributed by atoms with Crippen molar-refractivity contribution in [1.82, 2.24) is 0 Å². The average Bonchev–Trinajstić information content (AvgIpc) is 2.34. The Morgan fingerprint density at radius 1 is 1.82 bits per heavy atom. The summed E-state index contributed by atoms with van der Waals surface area (Å²) >= 11 is 0. The molecule has 1 aliphatic carbocycles. The van der Waals surface area contributed by atoms with Crippen LogP contribution in [0.4, 0.5) is 0 Å². The van der Waals surface area contributed by atoms with Crippen LogP contribution in [0.25, 0.3) is 0 Å². The molecule has 0 aliphatic heterocycles. The summed E-state index contributed by atoms with van der Waals surface area (Å²) in [5, 5.41) is 11.9. The topological polar surface area (TPSA) is 32.6 Å². The lowest BCUT2D eigenvalue weighted by atomic mass is 9.94. The molecule has 0 aromatic rings. The maximum atomic E-state index is 8.63. The zero-order valence-corrected chi connectivity index (χ0v) is 6.95. The fraction of sp³-hybridized carbons (Fsp3) is 0.667. The fourth-order valence-electron chi connectivity index (χ4n) is 1.76. The van der Waals surface area contributed by atoms with Crippen LogP contribution in [0.15, 0.2) is 17.8 Å². The molecule has 0 saturated heterocycles. The molecule has 2 nitrogen and oxygen atoms in total. The highest BCUT2D eigenvalue weighted by Crippen LogP contribution is 2.31. The van der Waals surface area contributed by atoms with Crippen LogP contribution in [0.2, 0.25) is 0 Å². The zero-order chi connectivity index (χ0) is 8.27. The monoisotopic (exact) mass is 153 g/mol. The van der Waals surface area contributed by atoms with Gasteiger partial charge in [-0.05, 0) is 25.2 Å². The standard InChI is InChI=1S/C9H15NO/c1-3-4-8-7(2)5-6-9(8)10-11/h3,7-8,11H,1,4-6H2,2H3/b10-9+/t7-,8+/m1/s1. The Balaban J connectivity index is 2.63. The fourth-order valence-corrected chi connectivity index (χ4v) is 1.76.